The van der Waals surface area contributed by atoms with Gasteiger partial charge in [0.15, 0.2) is 0 Å². The first kappa shape index (κ1) is 15.2. The van der Waals surface area contributed by atoms with Gasteiger partial charge in [-0.2, -0.15) is 9.78 Å². The molecule has 0 amide bonds. The predicted molar refractivity (Wildman–Crippen MR) is 56.1 cm³/mol. The number of hydrogen-bond acceptors (Lipinski definition) is 6. The molecule has 0 aliphatic carbocycles. The lowest BCUT2D eigenvalue weighted by molar-refractivity contribution is -0.511. The van der Waals surface area contributed by atoms with Gasteiger partial charge in [-0.1, -0.05) is 12.2 Å². The number of hydrogen-bond donors (Lipinski definition) is 0. The van der Waals surface area contributed by atoms with Crippen molar-refractivity contribution in [3.63, 3.8) is 0 Å². The summed E-state index contributed by atoms with van der Waals surface area (Å²) in [5, 5.41) is 0. The van der Waals surface area contributed by atoms with Crippen molar-refractivity contribution < 1.29 is 28.7 Å². The van der Waals surface area contributed by atoms with Gasteiger partial charge in [-0.05, 0) is 0 Å². The normalized spacial score (nSPS) is 14.4. The molecule has 6 heteroatoms. The zero-order valence-corrected chi connectivity index (χ0v) is 9.59. The Morgan fingerprint density at radius 1 is 0.875 bits per heavy atom. The molecule has 0 aliphatic heterocycles. The minimum Gasteiger partial charge on any atom is -0.331 e. The minimum atomic E-state index is -0.969. The fourth-order valence-corrected chi connectivity index (χ4v) is 0.654. The average Bonchev–Trinajstić information content (AvgIpc) is 2.33. The van der Waals surface area contributed by atoms with Crippen LogP contribution in [0.3, 0.4) is 0 Å². The van der Waals surface area contributed by atoms with E-state index >= 15 is 0 Å². The van der Waals surface area contributed by atoms with Crippen LogP contribution < -0.4 is 0 Å². The first-order valence-corrected chi connectivity index (χ1v) is 4.61. The Morgan fingerprint density at radius 2 is 1.25 bits per heavy atom. The molecule has 0 saturated carbocycles. The molecule has 0 aromatic rings. The highest BCUT2D eigenvalue weighted by atomic mass is 17.3. The SMILES string of the molecule is C=CCOC(OC)OOC(OC)OCC=C. The third-order valence-electron chi connectivity index (χ3n) is 1.30. The molecule has 0 saturated heterocycles. The lowest BCUT2D eigenvalue weighted by atomic mass is 10.7. The Hall–Kier alpha value is -0.760. The Balaban J connectivity index is 3.77. The van der Waals surface area contributed by atoms with Crippen molar-refractivity contribution in [3.05, 3.63) is 25.3 Å². The van der Waals surface area contributed by atoms with Crippen LogP contribution in [-0.4, -0.2) is 40.4 Å². The van der Waals surface area contributed by atoms with E-state index < -0.39 is 13.0 Å². The first-order valence-electron chi connectivity index (χ1n) is 4.61. The van der Waals surface area contributed by atoms with E-state index in [9.17, 15) is 0 Å². The van der Waals surface area contributed by atoms with Crippen molar-refractivity contribution in [2.45, 2.75) is 13.0 Å². The highest BCUT2D eigenvalue weighted by Crippen LogP contribution is 2.03. The molecular weight excluding hydrogens is 216 g/mol. The summed E-state index contributed by atoms with van der Waals surface area (Å²) in [5.41, 5.74) is 0. The van der Waals surface area contributed by atoms with Gasteiger partial charge in [0.25, 0.3) is 0 Å². The summed E-state index contributed by atoms with van der Waals surface area (Å²) in [6.07, 6.45) is 3.11. The second-order valence-electron chi connectivity index (χ2n) is 2.49. The van der Waals surface area contributed by atoms with Crippen molar-refractivity contribution in [3.8, 4) is 0 Å². The molecule has 0 aliphatic rings. The van der Waals surface area contributed by atoms with Gasteiger partial charge in [0.1, 0.15) is 0 Å². The predicted octanol–water partition coefficient (Wildman–Crippen LogP) is 1.20. The van der Waals surface area contributed by atoms with Gasteiger partial charge >= 0.3 is 13.0 Å². The van der Waals surface area contributed by atoms with Gasteiger partial charge in [-0.15, -0.1) is 13.2 Å². The van der Waals surface area contributed by atoms with Gasteiger partial charge in [-0.3, -0.25) is 0 Å². The van der Waals surface area contributed by atoms with E-state index in [1.165, 1.54) is 14.2 Å². The maximum atomic E-state index is 5.02. The van der Waals surface area contributed by atoms with E-state index in [-0.39, 0.29) is 13.2 Å². The van der Waals surface area contributed by atoms with Crippen LogP contribution in [0.1, 0.15) is 0 Å². The van der Waals surface area contributed by atoms with E-state index in [1.54, 1.807) is 12.2 Å². The highest BCUT2D eigenvalue weighted by Gasteiger charge is 2.14. The zero-order chi connectivity index (χ0) is 12.2. The van der Waals surface area contributed by atoms with Gasteiger partial charge in [0, 0.05) is 14.2 Å². The smallest absolute Gasteiger partial charge is 0.301 e. The van der Waals surface area contributed by atoms with Gasteiger partial charge < -0.3 is 18.9 Å². The summed E-state index contributed by atoms with van der Waals surface area (Å²) in [4.78, 5) is 9.53. The maximum Gasteiger partial charge on any atom is 0.301 e. The summed E-state index contributed by atoms with van der Waals surface area (Å²) in [6.45, 7) is 5.57. The van der Waals surface area contributed by atoms with E-state index in [4.69, 9.17) is 28.7 Å². The fraction of sp³-hybridized carbons (Fsp3) is 0.600. The third-order valence-corrected chi connectivity index (χ3v) is 1.30. The summed E-state index contributed by atoms with van der Waals surface area (Å²) in [6, 6.07) is 0. The zero-order valence-electron chi connectivity index (χ0n) is 9.59. The molecule has 0 heterocycles. The standard InChI is InChI=1S/C10H18O6/c1-5-7-13-9(11-3)15-16-10(12-4)14-8-6-2/h5-6,9-10H,1-2,7-8H2,3-4H3. The molecule has 2 unspecified atom stereocenters. The van der Waals surface area contributed by atoms with Crippen LogP contribution in [0.25, 0.3) is 0 Å². The average molecular weight is 234 g/mol. The molecule has 0 spiro atoms. The van der Waals surface area contributed by atoms with E-state index in [0.717, 1.165) is 0 Å². The molecule has 0 rings (SSSR count). The van der Waals surface area contributed by atoms with E-state index in [0.29, 0.717) is 0 Å². The van der Waals surface area contributed by atoms with Crippen LogP contribution in [-0.2, 0) is 28.7 Å². The summed E-state index contributed by atoms with van der Waals surface area (Å²) in [7, 11) is 2.81. The molecule has 2 atom stereocenters. The summed E-state index contributed by atoms with van der Waals surface area (Å²) >= 11 is 0. The molecule has 0 aromatic heterocycles. The Kier molecular flexibility index (Phi) is 10.2. The molecule has 0 fully saturated rings. The lowest BCUT2D eigenvalue weighted by Gasteiger charge is -2.18. The van der Waals surface area contributed by atoms with Crippen molar-refractivity contribution in [1.29, 1.82) is 0 Å². The molecule has 6 nitrogen and oxygen atoms in total. The van der Waals surface area contributed by atoms with E-state index in [1.807, 2.05) is 0 Å². The van der Waals surface area contributed by atoms with E-state index in [2.05, 4.69) is 13.2 Å². The van der Waals surface area contributed by atoms with Crippen molar-refractivity contribution >= 4 is 0 Å². The molecule has 94 valence electrons. The van der Waals surface area contributed by atoms with Crippen LogP contribution in [0, 0.1) is 0 Å². The fourth-order valence-electron chi connectivity index (χ4n) is 0.654. The molecule has 16 heavy (non-hydrogen) atoms. The topological polar surface area (TPSA) is 55.4 Å². The molecule has 0 bridgehead atoms. The van der Waals surface area contributed by atoms with Crippen molar-refractivity contribution in [2.24, 2.45) is 0 Å². The number of rotatable bonds is 11. The third kappa shape index (κ3) is 7.52. The van der Waals surface area contributed by atoms with Crippen LogP contribution in [0.2, 0.25) is 0 Å². The van der Waals surface area contributed by atoms with Crippen molar-refractivity contribution in [2.75, 3.05) is 27.4 Å². The van der Waals surface area contributed by atoms with Gasteiger partial charge in [0.05, 0.1) is 13.2 Å². The van der Waals surface area contributed by atoms with Gasteiger partial charge in [0.2, 0.25) is 0 Å². The molecule has 0 radical (unpaired) electrons. The summed E-state index contributed by atoms with van der Waals surface area (Å²) in [5.74, 6) is 0. The lowest BCUT2D eigenvalue weighted by Crippen LogP contribution is -2.26. The summed E-state index contributed by atoms with van der Waals surface area (Å²) < 4.78 is 19.6. The Labute approximate surface area is 95.3 Å². The van der Waals surface area contributed by atoms with Gasteiger partial charge in [-0.25, -0.2) is 0 Å². The Morgan fingerprint density at radius 3 is 1.50 bits per heavy atom. The second kappa shape index (κ2) is 10.7. The van der Waals surface area contributed by atoms with Crippen LogP contribution in [0.5, 0.6) is 0 Å². The Bertz CT molecular complexity index is 164. The maximum absolute atomic E-state index is 5.02. The second-order valence-corrected chi connectivity index (χ2v) is 2.49. The largest absolute Gasteiger partial charge is 0.331 e. The highest BCUT2D eigenvalue weighted by molar-refractivity contribution is 4.63. The van der Waals surface area contributed by atoms with Crippen LogP contribution in [0.15, 0.2) is 25.3 Å². The quantitative estimate of drug-likeness (QED) is 0.232. The monoisotopic (exact) mass is 234 g/mol. The van der Waals surface area contributed by atoms with Crippen molar-refractivity contribution in [1.82, 2.24) is 0 Å². The van der Waals surface area contributed by atoms with Crippen LogP contribution in [0.4, 0.5) is 0 Å². The number of ether oxygens (including phenoxy) is 4. The van der Waals surface area contributed by atoms with Crippen LogP contribution >= 0.6 is 0 Å². The molecule has 0 aromatic carbocycles. The molecular formula is C10H18O6. The minimum absolute atomic E-state index is 0.271. The first-order chi connectivity index (χ1) is 7.78. The molecule has 0 N–H and O–H groups in total. The number of methoxy groups -OCH3 is 2.